The largest absolute Gasteiger partial charge is 0.492 e. The number of benzene rings is 1. The van der Waals surface area contributed by atoms with Crippen LogP contribution < -0.4 is 4.74 Å². The molecule has 0 bridgehead atoms. The molecule has 2 rings (SSSR count). The van der Waals surface area contributed by atoms with Gasteiger partial charge in [0.25, 0.3) is 0 Å². The van der Waals surface area contributed by atoms with Crippen LogP contribution in [0.5, 0.6) is 5.75 Å². The third kappa shape index (κ3) is 5.44. The van der Waals surface area contributed by atoms with E-state index in [0.29, 0.717) is 42.3 Å². The van der Waals surface area contributed by atoms with E-state index in [-0.39, 0.29) is 12.3 Å². The van der Waals surface area contributed by atoms with Gasteiger partial charge in [0.05, 0.1) is 24.4 Å². The number of carbonyl (C=O) groups is 2. The lowest BCUT2D eigenvalue weighted by molar-refractivity contribution is 0.0525. The van der Waals surface area contributed by atoms with Gasteiger partial charge in [-0.25, -0.2) is 4.79 Å². The Bertz CT molecular complexity index is 793. The summed E-state index contributed by atoms with van der Waals surface area (Å²) in [5.41, 5.74) is 3.39. The molecule has 0 saturated carbocycles. The van der Waals surface area contributed by atoms with Crippen molar-refractivity contribution in [3.63, 3.8) is 0 Å². The molecule has 0 aliphatic rings. The Morgan fingerprint density at radius 3 is 2.41 bits per heavy atom. The van der Waals surface area contributed by atoms with Gasteiger partial charge in [-0.15, -0.1) is 0 Å². The molecule has 6 nitrogen and oxygen atoms in total. The molecule has 6 heteroatoms. The number of rotatable bonds is 9. The highest BCUT2D eigenvalue weighted by atomic mass is 16.5. The number of likely N-dealkylation sites (N-methyl/N-ethyl adjacent to an activating group) is 1. The molecule has 0 unspecified atom stereocenters. The number of carbonyl (C=O) groups excluding carboxylic acids is 2. The molecule has 0 atom stereocenters. The highest BCUT2D eigenvalue weighted by molar-refractivity contribution is 6.02. The maximum absolute atomic E-state index is 12.6. The predicted molar refractivity (Wildman–Crippen MR) is 105 cm³/mol. The minimum Gasteiger partial charge on any atom is -0.492 e. The number of Topliss-reactive ketones (excluding diaryl/α,β-unsaturated/α-hetero) is 1. The Morgan fingerprint density at radius 1 is 1.11 bits per heavy atom. The van der Waals surface area contributed by atoms with Gasteiger partial charge < -0.3 is 14.5 Å². The molecule has 1 aromatic heterocycles. The van der Waals surface area contributed by atoms with Gasteiger partial charge in [0, 0.05) is 12.2 Å². The van der Waals surface area contributed by atoms with Gasteiger partial charge in [-0.05, 0) is 52.4 Å². The van der Waals surface area contributed by atoms with Crippen LogP contribution in [0.1, 0.15) is 44.6 Å². The summed E-state index contributed by atoms with van der Waals surface area (Å²) in [5, 5.41) is 0. The Kier molecular flexibility index (Phi) is 7.19. The van der Waals surface area contributed by atoms with Crippen LogP contribution >= 0.6 is 0 Å². The van der Waals surface area contributed by atoms with Gasteiger partial charge in [-0.2, -0.15) is 0 Å². The second-order valence-corrected chi connectivity index (χ2v) is 6.67. The van der Waals surface area contributed by atoms with Crippen LogP contribution in [-0.2, 0) is 4.74 Å². The summed E-state index contributed by atoms with van der Waals surface area (Å²) in [6.45, 7) is 8.97. The topological polar surface area (TPSA) is 71.6 Å². The second kappa shape index (κ2) is 9.37. The molecule has 0 spiro atoms. The first-order valence-electron chi connectivity index (χ1n) is 9.11. The fourth-order valence-corrected chi connectivity index (χ4v) is 2.90. The van der Waals surface area contributed by atoms with Crippen molar-refractivity contribution in [3.05, 3.63) is 52.3 Å². The Labute approximate surface area is 160 Å². The van der Waals surface area contributed by atoms with Gasteiger partial charge in [0.1, 0.15) is 12.4 Å². The third-order valence-corrected chi connectivity index (χ3v) is 4.37. The zero-order chi connectivity index (χ0) is 20.0. The van der Waals surface area contributed by atoms with Gasteiger partial charge in [0.15, 0.2) is 5.78 Å². The number of aromatic amines is 1. The molecule has 0 fully saturated rings. The smallest absolute Gasteiger partial charge is 0.340 e. The number of esters is 1. The van der Waals surface area contributed by atoms with Gasteiger partial charge in [-0.1, -0.05) is 17.7 Å². The fourth-order valence-electron chi connectivity index (χ4n) is 2.90. The Balaban J connectivity index is 1.91. The van der Waals surface area contributed by atoms with E-state index in [0.717, 1.165) is 5.75 Å². The number of aryl methyl sites for hydroxylation is 2. The van der Waals surface area contributed by atoms with Gasteiger partial charge in [-0.3, -0.25) is 9.69 Å². The maximum Gasteiger partial charge on any atom is 0.340 e. The summed E-state index contributed by atoms with van der Waals surface area (Å²) >= 11 is 0. The van der Waals surface area contributed by atoms with Crippen molar-refractivity contribution in [1.29, 1.82) is 0 Å². The van der Waals surface area contributed by atoms with Crippen LogP contribution in [-0.4, -0.2) is 55.0 Å². The number of hydrogen-bond acceptors (Lipinski definition) is 5. The molecule has 1 aromatic carbocycles. The molecule has 0 aliphatic carbocycles. The van der Waals surface area contributed by atoms with E-state index < -0.39 is 5.97 Å². The third-order valence-electron chi connectivity index (χ3n) is 4.37. The lowest BCUT2D eigenvalue weighted by Crippen LogP contribution is -2.30. The minimum atomic E-state index is -0.400. The predicted octanol–water partition coefficient (Wildman–Crippen LogP) is 3.31. The molecule has 0 aliphatic heterocycles. The summed E-state index contributed by atoms with van der Waals surface area (Å²) in [4.78, 5) is 29.6. The van der Waals surface area contributed by atoms with E-state index >= 15 is 0 Å². The van der Waals surface area contributed by atoms with E-state index in [2.05, 4.69) is 4.98 Å². The summed E-state index contributed by atoms with van der Waals surface area (Å²) in [6, 6.07) is 7.87. The number of H-pyrrole nitrogens is 1. The molecule has 146 valence electrons. The van der Waals surface area contributed by atoms with Crippen molar-refractivity contribution in [2.45, 2.75) is 27.7 Å². The first kappa shape index (κ1) is 20.7. The molecule has 1 heterocycles. The average molecular weight is 372 g/mol. The lowest BCUT2D eigenvalue weighted by Gasteiger charge is -2.16. The molecule has 0 amide bonds. The molecule has 2 aromatic rings. The number of hydrogen-bond donors (Lipinski definition) is 1. The average Bonchev–Trinajstić information content (AvgIpc) is 2.91. The maximum atomic E-state index is 12.6. The Hall–Kier alpha value is -2.60. The molecular formula is C21H28N2O4. The number of nitrogens with one attached hydrogen (secondary N) is 1. The van der Waals surface area contributed by atoms with Gasteiger partial charge >= 0.3 is 5.97 Å². The molecule has 0 radical (unpaired) electrons. The SMILES string of the molecule is CCOC(=O)c1c(C)[nH]c(C(=O)CN(C)CCOc2ccc(C)cc2)c1C. The van der Waals surface area contributed by atoms with Crippen LogP contribution in [0.3, 0.4) is 0 Å². The van der Waals surface area contributed by atoms with E-state index in [1.54, 1.807) is 20.8 Å². The fraction of sp³-hybridized carbons (Fsp3) is 0.429. The highest BCUT2D eigenvalue weighted by Crippen LogP contribution is 2.19. The van der Waals surface area contributed by atoms with Crippen LogP contribution in [0.15, 0.2) is 24.3 Å². The van der Waals surface area contributed by atoms with Crippen molar-refractivity contribution in [3.8, 4) is 5.75 Å². The van der Waals surface area contributed by atoms with Crippen LogP contribution in [0.4, 0.5) is 0 Å². The van der Waals surface area contributed by atoms with Crippen LogP contribution in [0.2, 0.25) is 0 Å². The quantitative estimate of drug-likeness (QED) is 0.540. The van der Waals surface area contributed by atoms with Crippen LogP contribution in [0, 0.1) is 20.8 Å². The van der Waals surface area contributed by atoms with E-state index in [1.807, 2.05) is 43.1 Å². The molecule has 27 heavy (non-hydrogen) atoms. The summed E-state index contributed by atoms with van der Waals surface area (Å²) in [5.74, 6) is 0.349. The van der Waals surface area contributed by atoms with E-state index in [1.165, 1.54) is 5.56 Å². The first-order chi connectivity index (χ1) is 12.8. The monoisotopic (exact) mass is 372 g/mol. The van der Waals surface area contributed by atoms with Crippen molar-refractivity contribution in [2.24, 2.45) is 0 Å². The zero-order valence-corrected chi connectivity index (χ0v) is 16.7. The molecule has 0 saturated heterocycles. The summed E-state index contributed by atoms with van der Waals surface area (Å²) in [7, 11) is 1.87. The minimum absolute atomic E-state index is 0.0658. The lowest BCUT2D eigenvalue weighted by atomic mass is 10.1. The molecular weight excluding hydrogens is 344 g/mol. The second-order valence-electron chi connectivity index (χ2n) is 6.67. The number of ether oxygens (including phenoxy) is 2. The van der Waals surface area contributed by atoms with Crippen molar-refractivity contribution in [1.82, 2.24) is 9.88 Å². The van der Waals surface area contributed by atoms with Crippen LogP contribution in [0.25, 0.3) is 0 Å². The molecule has 1 N–H and O–H groups in total. The number of ketones is 1. The van der Waals surface area contributed by atoms with E-state index in [9.17, 15) is 9.59 Å². The van der Waals surface area contributed by atoms with Crippen molar-refractivity contribution < 1.29 is 19.1 Å². The van der Waals surface area contributed by atoms with Gasteiger partial charge in [0.2, 0.25) is 0 Å². The summed E-state index contributed by atoms with van der Waals surface area (Å²) < 4.78 is 10.8. The highest BCUT2D eigenvalue weighted by Gasteiger charge is 2.23. The van der Waals surface area contributed by atoms with Crippen molar-refractivity contribution in [2.75, 3.05) is 33.4 Å². The first-order valence-corrected chi connectivity index (χ1v) is 9.11. The Morgan fingerprint density at radius 2 is 1.78 bits per heavy atom. The normalized spacial score (nSPS) is 10.9. The number of nitrogens with zero attached hydrogens (tertiary/aromatic N) is 1. The van der Waals surface area contributed by atoms with Crippen molar-refractivity contribution >= 4 is 11.8 Å². The summed E-state index contributed by atoms with van der Waals surface area (Å²) in [6.07, 6.45) is 0. The zero-order valence-electron chi connectivity index (χ0n) is 16.7. The number of aromatic nitrogens is 1. The van der Waals surface area contributed by atoms with E-state index in [4.69, 9.17) is 9.47 Å². The standard InChI is InChI=1S/C21H28N2O4/c1-6-26-21(25)19-15(3)20(22-16(19)4)18(24)13-23(5)11-12-27-17-9-7-14(2)8-10-17/h7-10,22H,6,11-13H2,1-5H3.